The van der Waals surface area contributed by atoms with Crippen molar-refractivity contribution in [2.75, 3.05) is 6.54 Å². The molecule has 4 rings (SSSR count). The molecule has 148 valence electrons. The zero-order valence-electron chi connectivity index (χ0n) is 15.7. The molecule has 0 aliphatic carbocycles. The van der Waals surface area contributed by atoms with Crippen LogP contribution in [0.4, 0.5) is 0 Å². The van der Waals surface area contributed by atoms with Crippen molar-refractivity contribution in [2.45, 2.75) is 20.4 Å². The molecule has 1 amide bonds. The fraction of sp³-hybridized carbons (Fsp3) is 0.211. The van der Waals surface area contributed by atoms with E-state index in [1.165, 1.54) is 10.7 Å². The van der Waals surface area contributed by atoms with Crippen molar-refractivity contribution in [1.82, 2.24) is 25.2 Å². The normalized spacial score (nSPS) is 11.0. The van der Waals surface area contributed by atoms with Gasteiger partial charge in [-0.25, -0.2) is 9.67 Å². The van der Waals surface area contributed by atoms with Crippen LogP contribution in [0.5, 0.6) is 0 Å². The van der Waals surface area contributed by atoms with E-state index in [9.17, 15) is 9.59 Å². The van der Waals surface area contributed by atoms with Crippen LogP contribution in [-0.4, -0.2) is 32.4 Å². The highest BCUT2D eigenvalue weighted by Gasteiger charge is 2.15. The van der Waals surface area contributed by atoms with E-state index in [0.717, 1.165) is 20.5 Å². The van der Waals surface area contributed by atoms with E-state index in [1.807, 2.05) is 24.4 Å². The molecule has 0 radical (unpaired) electrons. The topological polar surface area (TPSA) is 103 Å². The van der Waals surface area contributed by atoms with Gasteiger partial charge in [0.2, 0.25) is 0 Å². The quantitative estimate of drug-likeness (QED) is 0.507. The number of hydrogen-bond donors (Lipinski definition) is 1. The summed E-state index contributed by atoms with van der Waals surface area (Å²) < 4.78 is 6.23. The van der Waals surface area contributed by atoms with Gasteiger partial charge < -0.3 is 9.84 Å². The Morgan fingerprint density at radius 3 is 2.86 bits per heavy atom. The van der Waals surface area contributed by atoms with Crippen LogP contribution in [0.1, 0.15) is 21.9 Å². The van der Waals surface area contributed by atoms with Gasteiger partial charge in [0.15, 0.2) is 5.69 Å². The molecular formula is C19H17N5O3S2. The van der Waals surface area contributed by atoms with E-state index in [4.69, 9.17) is 4.52 Å². The summed E-state index contributed by atoms with van der Waals surface area (Å²) in [5.74, 6) is 0.201. The van der Waals surface area contributed by atoms with Gasteiger partial charge in [0.25, 0.3) is 11.5 Å². The predicted molar refractivity (Wildman–Crippen MR) is 111 cm³/mol. The largest absolute Gasteiger partial charge is 0.361 e. The van der Waals surface area contributed by atoms with Crippen LogP contribution in [0.3, 0.4) is 0 Å². The van der Waals surface area contributed by atoms with E-state index in [2.05, 4.69) is 20.6 Å². The molecule has 0 aliphatic heterocycles. The van der Waals surface area contributed by atoms with Crippen LogP contribution in [0.25, 0.3) is 20.5 Å². The summed E-state index contributed by atoms with van der Waals surface area (Å²) in [6, 6.07) is 8.76. The number of thiazole rings is 1. The lowest BCUT2D eigenvalue weighted by atomic mass is 10.3. The zero-order chi connectivity index (χ0) is 20.4. The second kappa shape index (κ2) is 8.10. The summed E-state index contributed by atoms with van der Waals surface area (Å²) in [7, 11) is 0. The minimum Gasteiger partial charge on any atom is -0.361 e. The summed E-state index contributed by atoms with van der Waals surface area (Å²) in [4.78, 5) is 30.9. The van der Waals surface area contributed by atoms with Crippen molar-refractivity contribution in [2.24, 2.45) is 0 Å². The Labute approximate surface area is 173 Å². The standard InChI is InChI=1S/C19H17N5O3S2/c1-11-10-14(23-27-11)18(26)20-7-8-24-16(25)6-5-13(22-24)17-12(2)21-19(29-17)15-4-3-9-28-15/h3-6,9-10H,7-8H2,1-2H3,(H,20,26). The number of hydrogen-bond acceptors (Lipinski definition) is 8. The molecule has 29 heavy (non-hydrogen) atoms. The minimum atomic E-state index is -0.357. The molecule has 4 aromatic heterocycles. The molecule has 0 bridgehead atoms. The molecule has 10 heteroatoms. The van der Waals surface area contributed by atoms with Crippen molar-refractivity contribution in [3.05, 3.63) is 63.2 Å². The lowest BCUT2D eigenvalue weighted by molar-refractivity contribution is 0.0942. The van der Waals surface area contributed by atoms with Crippen molar-refractivity contribution in [3.8, 4) is 20.5 Å². The summed E-state index contributed by atoms with van der Waals surface area (Å²) >= 11 is 3.18. The number of amides is 1. The third kappa shape index (κ3) is 4.17. The van der Waals surface area contributed by atoms with Gasteiger partial charge in [-0.2, -0.15) is 5.10 Å². The molecule has 1 N–H and O–H groups in total. The van der Waals surface area contributed by atoms with E-state index in [0.29, 0.717) is 11.5 Å². The first-order valence-corrected chi connectivity index (χ1v) is 10.5. The molecule has 0 fully saturated rings. The molecule has 8 nitrogen and oxygen atoms in total. The number of nitrogens with zero attached hydrogens (tertiary/aromatic N) is 4. The fourth-order valence-corrected chi connectivity index (χ4v) is 4.54. The van der Waals surface area contributed by atoms with Crippen molar-refractivity contribution >= 4 is 28.6 Å². The molecule has 0 aliphatic rings. The first-order chi connectivity index (χ1) is 14.0. The zero-order valence-corrected chi connectivity index (χ0v) is 17.3. The van der Waals surface area contributed by atoms with Crippen LogP contribution in [-0.2, 0) is 6.54 Å². The van der Waals surface area contributed by atoms with E-state index in [-0.39, 0.29) is 30.2 Å². The number of rotatable bonds is 6. The number of carbonyl (C=O) groups excluding carboxylic acids is 1. The molecule has 4 heterocycles. The van der Waals surface area contributed by atoms with Crippen LogP contribution >= 0.6 is 22.7 Å². The predicted octanol–water partition coefficient (Wildman–Crippen LogP) is 3.13. The van der Waals surface area contributed by atoms with Crippen LogP contribution in [0.15, 0.2) is 45.0 Å². The molecule has 0 unspecified atom stereocenters. The maximum absolute atomic E-state index is 12.2. The third-order valence-corrected chi connectivity index (χ3v) is 6.32. The Morgan fingerprint density at radius 1 is 1.28 bits per heavy atom. The van der Waals surface area contributed by atoms with Crippen LogP contribution in [0, 0.1) is 13.8 Å². The van der Waals surface area contributed by atoms with Crippen molar-refractivity contribution in [3.63, 3.8) is 0 Å². The number of carbonyl (C=O) groups is 1. The van der Waals surface area contributed by atoms with Crippen LogP contribution < -0.4 is 10.9 Å². The first kappa shape index (κ1) is 19.2. The maximum Gasteiger partial charge on any atom is 0.273 e. The van der Waals surface area contributed by atoms with Crippen molar-refractivity contribution < 1.29 is 9.32 Å². The lowest BCUT2D eigenvalue weighted by Gasteiger charge is -2.07. The Balaban J connectivity index is 1.49. The SMILES string of the molecule is Cc1cc(C(=O)NCCn2nc(-c3sc(-c4cccs4)nc3C)ccc2=O)no1. The molecule has 0 atom stereocenters. The van der Waals surface area contributed by atoms with E-state index in [1.54, 1.807) is 41.7 Å². The Kier molecular flexibility index (Phi) is 5.36. The molecule has 0 aromatic carbocycles. The second-order valence-corrected chi connectivity index (χ2v) is 8.22. The van der Waals surface area contributed by atoms with E-state index < -0.39 is 0 Å². The van der Waals surface area contributed by atoms with Gasteiger partial charge in [0, 0.05) is 18.7 Å². The monoisotopic (exact) mass is 427 g/mol. The molecule has 0 saturated heterocycles. The summed E-state index contributed by atoms with van der Waals surface area (Å²) in [5, 5.41) is 13.8. The van der Waals surface area contributed by atoms with Gasteiger partial charge in [0.1, 0.15) is 16.5 Å². The summed E-state index contributed by atoms with van der Waals surface area (Å²) in [6.07, 6.45) is 0. The molecule has 4 aromatic rings. The highest BCUT2D eigenvalue weighted by Crippen LogP contribution is 2.35. The number of thiophene rings is 1. The Morgan fingerprint density at radius 2 is 2.14 bits per heavy atom. The molecule has 0 saturated carbocycles. The van der Waals surface area contributed by atoms with Gasteiger partial charge in [-0.1, -0.05) is 11.2 Å². The van der Waals surface area contributed by atoms with Gasteiger partial charge in [0.05, 0.1) is 22.0 Å². The fourth-order valence-electron chi connectivity index (χ4n) is 2.71. The Hall–Kier alpha value is -3.11. The average Bonchev–Trinajstić information content (AvgIpc) is 3.44. The number of nitrogens with one attached hydrogen (secondary N) is 1. The highest BCUT2D eigenvalue weighted by molar-refractivity contribution is 7.23. The van der Waals surface area contributed by atoms with Gasteiger partial charge in [-0.15, -0.1) is 22.7 Å². The van der Waals surface area contributed by atoms with Crippen LogP contribution in [0.2, 0.25) is 0 Å². The number of aromatic nitrogens is 4. The molecular weight excluding hydrogens is 410 g/mol. The smallest absolute Gasteiger partial charge is 0.273 e. The molecule has 0 spiro atoms. The highest BCUT2D eigenvalue weighted by atomic mass is 32.1. The second-order valence-electron chi connectivity index (χ2n) is 6.27. The minimum absolute atomic E-state index is 0.206. The Bertz CT molecular complexity index is 1210. The lowest BCUT2D eigenvalue weighted by Crippen LogP contribution is -2.32. The first-order valence-electron chi connectivity index (χ1n) is 8.82. The summed E-state index contributed by atoms with van der Waals surface area (Å²) in [6.45, 7) is 4.12. The van der Waals surface area contributed by atoms with Gasteiger partial charge >= 0.3 is 0 Å². The third-order valence-electron chi connectivity index (χ3n) is 4.10. The van der Waals surface area contributed by atoms with Gasteiger partial charge in [-0.3, -0.25) is 9.59 Å². The van der Waals surface area contributed by atoms with Gasteiger partial charge in [-0.05, 0) is 31.4 Å². The number of aryl methyl sites for hydroxylation is 2. The van der Waals surface area contributed by atoms with E-state index >= 15 is 0 Å². The van der Waals surface area contributed by atoms with Crippen molar-refractivity contribution in [1.29, 1.82) is 0 Å². The summed E-state index contributed by atoms with van der Waals surface area (Å²) in [5.41, 5.74) is 1.52. The average molecular weight is 428 g/mol. The maximum atomic E-state index is 12.2.